The second kappa shape index (κ2) is 14.9. The summed E-state index contributed by atoms with van der Waals surface area (Å²) in [6, 6.07) is 0. The SMILES string of the molecule is CCNC(=NCCCN1CCC(C)CC1)N1CCN(S(=O)(=O)CCOC(C)C)CC1.I. The van der Waals surface area contributed by atoms with Gasteiger partial charge < -0.3 is 19.9 Å². The number of piperidine rings is 1. The molecule has 2 aliphatic rings. The minimum Gasteiger partial charge on any atom is -0.378 e. The Morgan fingerprint density at radius 2 is 1.77 bits per heavy atom. The lowest BCUT2D eigenvalue weighted by atomic mass is 9.99. The van der Waals surface area contributed by atoms with Crippen molar-refractivity contribution in [2.45, 2.75) is 53.1 Å². The number of ether oxygens (including phenoxy) is 1. The maximum Gasteiger partial charge on any atom is 0.216 e. The predicted octanol–water partition coefficient (Wildman–Crippen LogP) is 2.06. The molecule has 0 saturated carbocycles. The Kier molecular flexibility index (Phi) is 13.8. The van der Waals surface area contributed by atoms with Gasteiger partial charge in [-0.05, 0) is 65.6 Å². The van der Waals surface area contributed by atoms with Crippen LogP contribution in [0.25, 0.3) is 0 Å². The monoisotopic (exact) mass is 573 g/mol. The lowest BCUT2D eigenvalue weighted by Gasteiger charge is -2.36. The Bertz CT molecular complexity index is 617. The van der Waals surface area contributed by atoms with Gasteiger partial charge in [-0.25, -0.2) is 8.42 Å². The standard InChI is InChI=1S/C21H43N5O3S.HI/c1-5-22-21(23-9-6-10-24-11-7-20(4)8-12-24)25-13-15-26(16-14-25)30(27,28)18-17-29-19(2)3;/h19-20H,5-18H2,1-4H3,(H,22,23);1H. The number of hydrogen-bond acceptors (Lipinski definition) is 5. The topological polar surface area (TPSA) is 77.5 Å². The van der Waals surface area contributed by atoms with Crippen molar-refractivity contribution >= 4 is 40.0 Å². The molecule has 2 heterocycles. The number of aliphatic imine (C=N–C) groups is 1. The van der Waals surface area contributed by atoms with Gasteiger partial charge >= 0.3 is 0 Å². The summed E-state index contributed by atoms with van der Waals surface area (Å²) < 4.78 is 32.1. The van der Waals surface area contributed by atoms with Crippen LogP contribution in [-0.2, 0) is 14.8 Å². The molecule has 0 bridgehead atoms. The maximum atomic E-state index is 12.5. The number of halogens is 1. The van der Waals surface area contributed by atoms with Crippen molar-refractivity contribution in [1.29, 1.82) is 0 Å². The summed E-state index contributed by atoms with van der Waals surface area (Å²) in [4.78, 5) is 9.54. The van der Waals surface area contributed by atoms with Crippen LogP contribution >= 0.6 is 24.0 Å². The van der Waals surface area contributed by atoms with Crippen LogP contribution in [0.5, 0.6) is 0 Å². The summed E-state index contributed by atoms with van der Waals surface area (Å²) in [6.07, 6.45) is 3.73. The lowest BCUT2D eigenvalue weighted by molar-refractivity contribution is 0.0904. The van der Waals surface area contributed by atoms with E-state index in [9.17, 15) is 8.42 Å². The molecule has 2 aliphatic heterocycles. The van der Waals surface area contributed by atoms with E-state index in [1.165, 1.54) is 25.9 Å². The molecule has 31 heavy (non-hydrogen) atoms. The summed E-state index contributed by atoms with van der Waals surface area (Å²) in [5.74, 6) is 1.82. The first kappa shape index (κ1) is 28.9. The van der Waals surface area contributed by atoms with Gasteiger partial charge in [0.05, 0.1) is 18.5 Å². The predicted molar refractivity (Wildman–Crippen MR) is 139 cm³/mol. The number of nitrogens with one attached hydrogen (secondary N) is 1. The summed E-state index contributed by atoms with van der Waals surface area (Å²) in [5, 5.41) is 3.37. The van der Waals surface area contributed by atoms with Crippen molar-refractivity contribution in [3.63, 3.8) is 0 Å². The first-order chi connectivity index (χ1) is 14.3. The van der Waals surface area contributed by atoms with Crippen LogP contribution in [0.1, 0.15) is 47.0 Å². The fourth-order valence-electron chi connectivity index (χ4n) is 3.89. The first-order valence-electron chi connectivity index (χ1n) is 11.7. The van der Waals surface area contributed by atoms with Crippen LogP contribution in [0.3, 0.4) is 0 Å². The van der Waals surface area contributed by atoms with Crippen molar-refractivity contribution in [2.24, 2.45) is 10.9 Å². The number of likely N-dealkylation sites (tertiary alicyclic amines) is 1. The van der Waals surface area contributed by atoms with Crippen LogP contribution in [0.4, 0.5) is 0 Å². The van der Waals surface area contributed by atoms with Crippen LogP contribution < -0.4 is 5.32 Å². The summed E-state index contributed by atoms with van der Waals surface area (Å²) in [7, 11) is -3.26. The van der Waals surface area contributed by atoms with Gasteiger partial charge in [-0.2, -0.15) is 4.31 Å². The molecule has 2 fully saturated rings. The largest absolute Gasteiger partial charge is 0.378 e. The maximum absolute atomic E-state index is 12.5. The fraction of sp³-hybridized carbons (Fsp3) is 0.952. The normalized spacial score (nSPS) is 20.2. The molecule has 1 N–H and O–H groups in total. The van der Waals surface area contributed by atoms with E-state index >= 15 is 0 Å². The zero-order valence-corrected chi connectivity index (χ0v) is 23.0. The average Bonchev–Trinajstić information content (AvgIpc) is 2.71. The quantitative estimate of drug-likeness (QED) is 0.187. The second-order valence-corrected chi connectivity index (χ2v) is 10.8. The summed E-state index contributed by atoms with van der Waals surface area (Å²) in [6.45, 7) is 16.0. The van der Waals surface area contributed by atoms with Crippen molar-refractivity contribution in [1.82, 2.24) is 19.4 Å². The highest BCUT2D eigenvalue weighted by Crippen LogP contribution is 2.16. The minimum absolute atomic E-state index is 0. The molecule has 0 amide bonds. The Balaban J connectivity index is 0.00000480. The van der Waals surface area contributed by atoms with E-state index in [2.05, 4.69) is 29.0 Å². The second-order valence-electron chi connectivity index (χ2n) is 8.74. The Hall–Kier alpha value is -0.170. The van der Waals surface area contributed by atoms with Gasteiger partial charge in [-0.1, -0.05) is 6.92 Å². The molecule has 2 saturated heterocycles. The molecule has 0 aliphatic carbocycles. The van der Waals surface area contributed by atoms with Crippen molar-refractivity contribution < 1.29 is 13.2 Å². The third-order valence-electron chi connectivity index (χ3n) is 5.83. The third-order valence-corrected chi connectivity index (χ3v) is 7.66. The Morgan fingerprint density at radius 3 is 2.35 bits per heavy atom. The van der Waals surface area contributed by atoms with Crippen LogP contribution in [-0.4, -0.2) is 106 Å². The number of nitrogens with zero attached hydrogens (tertiary/aromatic N) is 4. The zero-order valence-electron chi connectivity index (χ0n) is 19.9. The highest BCUT2D eigenvalue weighted by atomic mass is 127. The molecule has 0 aromatic rings. The minimum atomic E-state index is -3.26. The van der Waals surface area contributed by atoms with E-state index in [0.717, 1.165) is 37.9 Å². The molecular formula is C21H44IN5O3S. The van der Waals surface area contributed by atoms with Crippen LogP contribution in [0, 0.1) is 5.92 Å². The summed E-state index contributed by atoms with van der Waals surface area (Å²) >= 11 is 0. The van der Waals surface area contributed by atoms with Gasteiger partial charge in [-0.15, -0.1) is 24.0 Å². The van der Waals surface area contributed by atoms with E-state index in [-0.39, 0.29) is 42.4 Å². The Labute approximate surface area is 207 Å². The number of guanidine groups is 1. The third kappa shape index (κ3) is 10.5. The van der Waals surface area contributed by atoms with E-state index in [1.54, 1.807) is 4.31 Å². The van der Waals surface area contributed by atoms with Gasteiger partial charge in [0.15, 0.2) is 5.96 Å². The molecule has 0 unspecified atom stereocenters. The van der Waals surface area contributed by atoms with E-state index in [0.29, 0.717) is 26.2 Å². The molecular weight excluding hydrogens is 529 g/mol. The van der Waals surface area contributed by atoms with Crippen molar-refractivity contribution in [3.05, 3.63) is 0 Å². The molecule has 0 atom stereocenters. The van der Waals surface area contributed by atoms with Crippen LogP contribution in [0.2, 0.25) is 0 Å². The van der Waals surface area contributed by atoms with Crippen molar-refractivity contribution in [3.8, 4) is 0 Å². The van der Waals surface area contributed by atoms with Crippen LogP contribution in [0.15, 0.2) is 4.99 Å². The average molecular weight is 574 g/mol. The van der Waals surface area contributed by atoms with Gasteiger partial charge in [0.1, 0.15) is 0 Å². The number of hydrogen-bond donors (Lipinski definition) is 1. The smallest absolute Gasteiger partial charge is 0.216 e. The van der Waals surface area contributed by atoms with Gasteiger partial charge in [0.2, 0.25) is 10.0 Å². The first-order valence-corrected chi connectivity index (χ1v) is 13.3. The highest BCUT2D eigenvalue weighted by Gasteiger charge is 2.28. The van der Waals surface area contributed by atoms with Gasteiger partial charge in [-0.3, -0.25) is 4.99 Å². The molecule has 2 rings (SSSR count). The lowest BCUT2D eigenvalue weighted by Crippen LogP contribution is -2.54. The molecule has 0 radical (unpaired) electrons. The van der Waals surface area contributed by atoms with E-state index in [4.69, 9.17) is 9.73 Å². The number of rotatable bonds is 10. The Morgan fingerprint density at radius 1 is 1.13 bits per heavy atom. The fourth-order valence-corrected chi connectivity index (χ4v) is 5.17. The molecule has 0 aromatic carbocycles. The molecule has 0 aromatic heterocycles. The number of piperazine rings is 1. The van der Waals surface area contributed by atoms with Crippen molar-refractivity contribution in [2.75, 3.05) is 71.3 Å². The van der Waals surface area contributed by atoms with E-state index in [1.807, 2.05) is 13.8 Å². The molecule has 8 nitrogen and oxygen atoms in total. The zero-order chi connectivity index (χ0) is 22.0. The summed E-state index contributed by atoms with van der Waals surface area (Å²) in [5.41, 5.74) is 0. The highest BCUT2D eigenvalue weighted by molar-refractivity contribution is 14.0. The molecule has 10 heteroatoms. The van der Waals surface area contributed by atoms with Gasteiger partial charge in [0.25, 0.3) is 0 Å². The molecule has 0 spiro atoms. The van der Waals surface area contributed by atoms with E-state index < -0.39 is 10.0 Å². The number of sulfonamides is 1. The van der Waals surface area contributed by atoms with Gasteiger partial charge in [0, 0.05) is 39.3 Å². The molecule has 184 valence electrons.